The first-order valence-electron chi connectivity index (χ1n) is 7.81. The second-order valence-corrected chi connectivity index (χ2v) is 6.87. The fourth-order valence-electron chi connectivity index (χ4n) is 2.61. The molecule has 0 bridgehead atoms. The monoisotopic (exact) mass is 342 g/mol. The van der Waals surface area contributed by atoms with Crippen molar-refractivity contribution >= 4 is 36.6 Å². The number of hydrazine groups is 1. The number of nitrogens with one attached hydrogen (secondary N) is 2. The first kappa shape index (κ1) is 17.8. The third-order valence-corrected chi connectivity index (χ3v) is 4.73. The van der Waals surface area contributed by atoms with E-state index in [0.29, 0.717) is 6.04 Å². The van der Waals surface area contributed by atoms with Crippen molar-refractivity contribution in [1.82, 2.24) is 20.1 Å². The predicted molar refractivity (Wildman–Crippen MR) is 99.0 cm³/mol. The van der Waals surface area contributed by atoms with Crippen molar-refractivity contribution in [1.29, 1.82) is 0 Å². The molecule has 22 heavy (non-hydrogen) atoms. The molecule has 0 radical (unpaired) electrons. The average Bonchev–Trinajstić information content (AvgIpc) is 2.83. The first-order chi connectivity index (χ1) is 10.7. The molecule has 2 rings (SSSR count). The third kappa shape index (κ3) is 4.26. The Balaban J connectivity index is 2.03. The lowest BCUT2D eigenvalue weighted by molar-refractivity contribution is 0.0717. The molecule has 0 aromatic carbocycles. The standard InChI is InChI=1S/C14H26N6S2/c1-4-6-11(7-8-16-21)17-14-18-12-9-15-10-13(22-5-2)20(12)19(14)3/h9-11,14,16-17,21H,4-8H2,1-3H3. The van der Waals surface area contributed by atoms with E-state index in [0.717, 1.165) is 42.4 Å². The molecule has 0 aromatic heterocycles. The van der Waals surface area contributed by atoms with Crippen LogP contribution in [0.15, 0.2) is 21.2 Å². The fraction of sp³-hybridized carbons (Fsp3) is 0.714. The van der Waals surface area contributed by atoms with Gasteiger partial charge in [-0.3, -0.25) is 15.0 Å². The van der Waals surface area contributed by atoms with E-state index in [-0.39, 0.29) is 6.29 Å². The number of thiol groups is 1. The molecule has 2 aliphatic rings. The molecule has 2 heterocycles. The summed E-state index contributed by atoms with van der Waals surface area (Å²) >= 11 is 5.86. The van der Waals surface area contributed by atoms with Gasteiger partial charge in [0, 0.05) is 19.6 Å². The van der Waals surface area contributed by atoms with Crippen LogP contribution in [0, 0.1) is 0 Å². The van der Waals surface area contributed by atoms with Crippen molar-refractivity contribution in [3.63, 3.8) is 0 Å². The molecule has 0 fully saturated rings. The number of amidine groups is 1. The maximum atomic E-state index is 4.77. The van der Waals surface area contributed by atoms with Gasteiger partial charge in [-0.1, -0.05) is 33.1 Å². The van der Waals surface area contributed by atoms with Crippen LogP contribution < -0.4 is 10.0 Å². The van der Waals surface area contributed by atoms with Crippen molar-refractivity contribution in [3.05, 3.63) is 11.2 Å². The second kappa shape index (κ2) is 8.93. The minimum Gasteiger partial charge on any atom is -0.279 e. The van der Waals surface area contributed by atoms with Gasteiger partial charge in [0.1, 0.15) is 5.03 Å². The van der Waals surface area contributed by atoms with Gasteiger partial charge in [0.05, 0.1) is 12.4 Å². The molecule has 6 nitrogen and oxygen atoms in total. The van der Waals surface area contributed by atoms with Gasteiger partial charge in [0.25, 0.3) is 0 Å². The lowest BCUT2D eigenvalue weighted by atomic mass is 10.1. The summed E-state index contributed by atoms with van der Waals surface area (Å²) in [6.45, 7) is 5.24. The minimum atomic E-state index is -0.0446. The van der Waals surface area contributed by atoms with E-state index in [1.807, 2.05) is 12.4 Å². The van der Waals surface area contributed by atoms with Crippen LogP contribution in [0.5, 0.6) is 0 Å². The molecule has 0 aliphatic carbocycles. The normalized spacial score (nSPS) is 22.5. The van der Waals surface area contributed by atoms with Gasteiger partial charge in [-0.05, 0) is 18.6 Å². The first-order valence-corrected chi connectivity index (χ1v) is 9.24. The maximum Gasteiger partial charge on any atom is 0.175 e. The highest BCUT2D eigenvalue weighted by Gasteiger charge is 2.34. The van der Waals surface area contributed by atoms with E-state index >= 15 is 0 Å². The topological polar surface area (TPSA) is 55.3 Å². The molecule has 124 valence electrons. The van der Waals surface area contributed by atoms with Crippen LogP contribution in [0.4, 0.5) is 0 Å². The van der Waals surface area contributed by atoms with Crippen LogP contribution in [0.2, 0.25) is 0 Å². The minimum absolute atomic E-state index is 0.0446. The van der Waals surface area contributed by atoms with E-state index in [1.54, 1.807) is 11.8 Å². The molecule has 2 N–H and O–H groups in total. The largest absolute Gasteiger partial charge is 0.279 e. The van der Waals surface area contributed by atoms with Gasteiger partial charge in [-0.25, -0.2) is 10.0 Å². The molecule has 0 saturated heterocycles. The molecule has 2 aliphatic heterocycles. The van der Waals surface area contributed by atoms with Gasteiger partial charge in [0.15, 0.2) is 12.1 Å². The highest BCUT2D eigenvalue weighted by Crippen LogP contribution is 2.28. The zero-order valence-corrected chi connectivity index (χ0v) is 15.2. The lowest BCUT2D eigenvalue weighted by Crippen LogP contribution is -2.50. The van der Waals surface area contributed by atoms with E-state index in [1.165, 1.54) is 0 Å². The Bertz CT molecular complexity index is 451. The van der Waals surface area contributed by atoms with Gasteiger partial charge in [-0.15, -0.1) is 11.8 Å². The highest BCUT2D eigenvalue weighted by atomic mass is 32.2. The van der Waals surface area contributed by atoms with E-state index < -0.39 is 0 Å². The summed E-state index contributed by atoms with van der Waals surface area (Å²) in [6.07, 6.45) is 7.00. The van der Waals surface area contributed by atoms with Crippen molar-refractivity contribution in [3.8, 4) is 0 Å². The Morgan fingerprint density at radius 1 is 1.41 bits per heavy atom. The van der Waals surface area contributed by atoms with E-state index in [4.69, 9.17) is 4.99 Å². The molecular weight excluding hydrogens is 316 g/mol. The number of hydrogen-bond acceptors (Lipinski definition) is 8. The Hall–Kier alpha value is -0.540. The smallest absolute Gasteiger partial charge is 0.175 e. The molecule has 0 aromatic rings. The summed E-state index contributed by atoms with van der Waals surface area (Å²) in [5.74, 6) is 1.92. The summed E-state index contributed by atoms with van der Waals surface area (Å²) in [6, 6.07) is 0.422. The Morgan fingerprint density at radius 2 is 2.23 bits per heavy atom. The quantitative estimate of drug-likeness (QED) is 0.560. The maximum absolute atomic E-state index is 4.77. The van der Waals surface area contributed by atoms with Crippen LogP contribution in [0.25, 0.3) is 0 Å². The summed E-state index contributed by atoms with van der Waals surface area (Å²) in [5, 5.41) is 9.05. The predicted octanol–water partition coefficient (Wildman–Crippen LogP) is 2.05. The lowest BCUT2D eigenvalue weighted by Gasteiger charge is -2.33. The Kier molecular flexibility index (Phi) is 7.23. The molecule has 2 atom stereocenters. The van der Waals surface area contributed by atoms with E-state index in [2.05, 4.69) is 58.8 Å². The van der Waals surface area contributed by atoms with Crippen LogP contribution in [0.3, 0.4) is 0 Å². The summed E-state index contributed by atoms with van der Waals surface area (Å²) in [4.78, 5) is 9.07. The molecule has 0 saturated carbocycles. The van der Waals surface area contributed by atoms with Crippen molar-refractivity contribution in [2.45, 2.75) is 45.4 Å². The van der Waals surface area contributed by atoms with Crippen molar-refractivity contribution < 1.29 is 0 Å². The molecule has 8 heteroatoms. The molecule has 0 amide bonds. The molecule has 2 unspecified atom stereocenters. The molecule has 0 spiro atoms. The van der Waals surface area contributed by atoms with E-state index in [9.17, 15) is 0 Å². The number of thioether (sulfide) groups is 1. The number of nitrogens with zero attached hydrogens (tertiary/aromatic N) is 4. The highest BCUT2D eigenvalue weighted by molar-refractivity contribution is 8.03. The van der Waals surface area contributed by atoms with Gasteiger partial charge in [0.2, 0.25) is 0 Å². The summed E-state index contributed by atoms with van der Waals surface area (Å²) in [5.41, 5.74) is 0. The Labute approximate surface area is 143 Å². The number of hydrogen-bond donors (Lipinski definition) is 3. The SMILES string of the molecule is CCCC(CCNS)NC1N=C2C=NC=C(SCC)N2N1C. The fourth-order valence-corrected chi connectivity index (χ4v) is 3.52. The summed E-state index contributed by atoms with van der Waals surface area (Å²) < 4.78 is 2.93. The van der Waals surface area contributed by atoms with Crippen LogP contribution >= 0.6 is 24.6 Å². The van der Waals surface area contributed by atoms with Gasteiger partial charge >= 0.3 is 0 Å². The molecular formula is C14H26N6S2. The van der Waals surface area contributed by atoms with Gasteiger partial charge < -0.3 is 0 Å². The zero-order chi connectivity index (χ0) is 15.9. The third-order valence-electron chi connectivity index (χ3n) is 3.64. The summed E-state index contributed by atoms with van der Waals surface area (Å²) in [7, 11) is 2.07. The van der Waals surface area contributed by atoms with Crippen LogP contribution in [-0.2, 0) is 0 Å². The number of aliphatic imine (C=N–C) groups is 2. The average molecular weight is 343 g/mol. The number of rotatable bonds is 9. The number of fused-ring (bicyclic) bond motifs is 1. The zero-order valence-electron chi connectivity index (χ0n) is 13.5. The second-order valence-electron chi connectivity index (χ2n) is 5.27. The van der Waals surface area contributed by atoms with Crippen molar-refractivity contribution in [2.75, 3.05) is 19.3 Å². The van der Waals surface area contributed by atoms with Gasteiger partial charge in [-0.2, -0.15) is 5.01 Å². The van der Waals surface area contributed by atoms with Crippen molar-refractivity contribution in [2.24, 2.45) is 9.98 Å². The van der Waals surface area contributed by atoms with Crippen LogP contribution in [0.1, 0.15) is 33.1 Å². The Morgan fingerprint density at radius 3 is 2.91 bits per heavy atom. The van der Waals surface area contributed by atoms with Crippen LogP contribution in [-0.4, -0.2) is 53.7 Å².